The highest BCUT2D eigenvalue weighted by molar-refractivity contribution is 6.31. The molecule has 0 heterocycles. The Morgan fingerprint density at radius 1 is 1.33 bits per heavy atom. The molecule has 0 amide bonds. The molecule has 1 aromatic carbocycles. The third-order valence-electron chi connectivity index (χ3n) is 3.26. The quantitative estimate of drug-likeness (QED) is 0.670. The van der Waals surface area contributed by atoms with Crippen LogP contribution in [0, 0.1) is 11.8 Å². The Morgan fingerprint density at radius 3 is 2.62 bits per heavy atom. The molecule has 4 nitrogen and oxygen atoms in total. The van der Waals surface area contributed by atoms with Gasteiger partial charge in [0.25, 0.3) is 0 Å². The average Bonchev–Trinajstić information content (AvgIpc) is 2.48. The van der Waals surface area contributed by atoms with E-state index in [9.17, 15) is 14.7 Å². The van der Waals surface area contributed by atoms with E-state index in [1.54, 1.807) is 18.2 Å². The first kappa shape index (κ1) is 15.3. The maximum absolute atomic E-state index is 12.0. The van der Waals surface area contributed by atoms with Crippen LogP contribution in [-0.2, 0) is 20.9 Å². The fraction of sp³-hybridized carbons (Fsp3) is 0.250. The van der Waals surface area contributed by atoms with E-state index >= 15 is 0 Å². The number of esters is 1. The van der Waals surface area contributed by atoms with Gasteiger partial charge in [-0.05, 0) is 18.1 Å². The van der Waals surface area contributed by atoms with Crippen molar-refractivity contribution in [3.63, 3.8) is 0 Å². The lowest BCUT2D eigenvalue weighted by atomic mass is 9.87. The largest absolute Gasteiger partial charge is 0.481 e. The number of rotatable bonds is 5. The maximum Gasteiger partial charge on any atom is 0.321 e. The monoisotopic (exact) mass is 306 g/mol. The number of carboxylic acid groups (broad SMARTS) is 1. The molecule has 2 atom stereocenters. The number of hydrogen-bond donors (Lipinski definition) is 1. The SMILES string of the molecule is O=C(O)C(C(=O)OCc1ccccc1)C1C=CC(Cl)=CC1. The molecule has 0 aromatic heterocycles. The van der Waals surface area contributed by atoms with Crippen molar-refractivity contribution in [2.45, 2.75) is 13.0 Å². The van der Waals surface area contributed by atoms with E-state index in [-0.39, 0.29) is 6.61 Å². The molecule has 0 fully saturated rings. The van der Waals surface area contributed by atoms with Gasteiger partial charge in [0.2, 0.25) is 0 Å². The molecule has 0 saturated heterocycles. The third kappa shape index (κ3) is 4.20. The molecule has 1 aliphatic rings. The molecule has 21 heavy (non-hydrogen) atoms. The van der Waals surface area contributed by atoms with Crippen molar-refractivity contribution in [3.05, 3.63) is 59.2 Å². The number of carbonyl (C=O) groups excluding carboxylic acids is 1. The van der Waals surface area contributed by atoms with Crippen molar-refractivity contribution in [2.75, 3.05) is 0 Å². The summed E-state index contributed by atoms with van der Waals surface area (Å²) in [4.78, 5) is 23.4. The van der Waals surface area contributed by atoms with Crippen molar-refractivity contribution in [1.29, 1.82) is 0 Å². The predicted molar refractivity (Wildman–Crippen MR) is 78.5 cm³/mol. The Bertz CT molecular complexity index is 577. The molecule has 0 bridgehead atoms. The smallest absolute Gasteiger partial charge is 0.321 e. The molecule has 1 aliphatic carbocycles. The van der Waals surface area contributed by atoms with Crippen LogP contribution in [0.4, 0.5) is 0 Å². The first-order chi connectivity index (χ1) is 10.1. The molecule has 0 aliphatic heterocycles. The second-order valence-electron chi connectivity index (χ2n) is 4.76. The summed E-state index contributed by atoms with van der Waals surface area (Å²) in [7, 11) is 0. The lowest BCUT2D eigenvalue weighted by Crippen LogP contribution is -2.32. The lowest BCUT2D eigenvalue weighted by molar-refractivity contribution is -0.161. The Morgan fingerprint density at radius 2 is 2.05 bits per heavy atom. The van der Waals surface area contributed by atoms with Gasteiger partial charge in [-0.3, -0.25) is 9.59 Å². The van der Waals surface area contributed by atoms with Crippen LogP contribution in [0.2, 0.25) is 0 Å². The van der Waals surface area contributed by atoms with E-state index in [4.69, 9.17) is 16.3 Å². The number of halogens is 1. The van der Waals surface area contributed by atoms with E-state index in [1.165, 1.54) is 0 Å². The van der Waals surface area contributed by atoms with Crippen molar-refractivity contribution in [2.24, 2.45) is 11.8 Å². The molecular weight excluding hydrogens is 292 g/mol. The van der Waals surface area contributed by atoms with Gasteiger partial charge in [-0.1, -0.05) is 54.1 Å². The first-order valence-electron chi connectivity index (χ1n) is 6.55. The first-order valence-corrected chi connectivity index (χ1v) is 6.93. The highest BCUT2D eigenvalue weighted by atomic mass is 35.5. The second kappa shape index (κ2) is 7.09. The molecular formula is C16H15ClO4. The van der Waals surface area contributed by atoms with Gasteiger partial charge in [0, 0.05) is 11.0 Å². The third-order valence-corrected chi connectivity index (χ3v) is 3.54. The molecule has 2 unspecified atom stereocenters. The molecule has 0 radical (unpaired) electrons. The van der Waals surface area contributed by atoms with Gasteiger partial charge in [0.15, 0.2) is 5.92 Å². The highest BCUT2D eigenvalue weighted by Gasteiger charge is 2.35. The minimum atomic E-state index is -1.22. The average molecular weight is 307 g/mol. The zero-order chi connectivity index (χ0) is 15.2. The van der Waals surface area contributed by atoms with E-state index in [0.29, 0.717) is 11.5 Å². The van der Waals surface area contributed by atoms with Crippen LogP contribution in [0.15, 0.2) is 53.6 Å². The molecule has 0 spiro atoms. The van der Waals surface area contributed by atoms with E-state index in [2.05, 4.69) is 0 Å². The topological polar surface area (TPSA) is 63.6 Å². The normalized spacial score (nSPS) is 18.7. The molecule has 0 saturated carbocycles. The van der Waals surface area contributed by atoms with Gasteiger partial charge < -0.3 is 9.84 Å². The number of carboxylic acids is 1. The summed E-state index contributed by atoms with van der Waals surface area (Å²) >= 11 is 5.80. The number of allylic oxidation sites excluding steroid dienone is 4. The van der Waals surface area contributed by atoms with Crippen LogP contribution in [0.25, 0.3) is 0 Å². The Balaban J connectivity index is 2.00. The van der Waals surface area contributed by atoms with Crippen molar-refractivity contribution in [1.82, 2.24) is 0 Å². The minimum Gasteiger partial charge on any atom is -0.481 e. The van der Waals surface area contributed by atoms with Gasteiger partial charge in [-0.25, -0.2) is 0 Å². The number of hydrogen-bond acceptors (Lipinski definition) is 3. The van der Waals surface area contributed by atoms with E-state index < -0.39 is 23.8 Å². The van der Waals surface area contributed by atoms with Gasteiger partial charge in [-0.15, -0.1) is 0 Å². The van der Waals surface area contributed by atoms with E-state index in [1.807, 2.05) is 30.3 Å². The Labute approximate surface area is 127 Å². The Hall–Kier alpha value is -2.07. The maximum atomic E-state index is 12.0. The summed E-state index contributed by atoms with van der Waals surface area (Å²) in [6, 6.07) is 9.13. The summed E-state index contributed by atoms with van der Waals surface area (Å²) in [5.74, 6) is -3.57. The zero-order valence-corrected chi connectivity index (χ0v) is 12.0. The Kier molecular flexibility index (Phi) is 5.17. The van der Waals surface area contributed by atoms with E-state index in [0.717, 1.165) is 5.56 Å². The standard InChI is InChI=1S/C16H15ClO4/c17-13-8-6-12(7-9-13)14(15(18)19)16(20)21-10-11-4-2-1-3-5-11/h1-6,8-9,12,14H,7,10H2,(H,18,19). The predicted octanol–water partition coefficient (Wildman–Crippen LogP) is 3.13. The number of benzene rings is 1. The highest BCUT2D eigenvalue weighted by Crippen LogP contribution is 2.26. The zero-order valence-electron chi connectivity index (χ0n) is 11.2. The number of aliphatic carboxylic acids is 1. The molecule has 5 heteroatoms. The number of ether oxygens (including phenoxy) is 1. The van der Waals surface area contributed by atoms with Crippen molar-refractivity contribution >= 4 is 23.5 Å². The fourth-order valence-electron chi connectivity index (χ4n) is 2.14. The van der Waals surface area contributed by atoms with Crippen LogP contribution >= 0.6 is 11.6 Å². The summed E-state index contributed by atoms with van der Waals surface area (Å²) in [5.41, 5.74) is 0.817. The lowest BCUT2D eigenvalue weighted by Gasteiger charge is -2.20. The summed E-state index contributed by atoms with van der Waals surface area (Å²) in [6.07, 6.45) is 5.36. The van der Waals surface area contributed by atoms with Crippen molar-refractivity contribution < 1.29 is 19.4 Å². The second-order valence-corrected chi connectivity index (χ2v) is 5.19. The molecule has 110 valence electrons. The molecule has 2 rings (SSSR count). The van der Waals surface area contributed by atoms with Gasteiger partial charge in [-0.2, -0.15) is 0 Å². The van der Waals surface area contributed by atoms with Crippen LogP contribution < -0.4 is 0 Å². The van der Waals surface area contributed by atoms with Crippen LogP contribution in [0.5, 0.6) is 0 Å². The van der Waals surface area contributed by atoms with Crippen LogP contribution in [-0.4, -0.2) is 17.0 Å². The number of carbonyl (C=O) groups is 2. The van der Waals surface area contributed by atoms with Crippen LogP contribution in [0.3, 0.4) is 0 Å². The summed E-state index contributed by atoms with van der Waals surface area (Å²) in [6.45, 7) is 0.0660. The summed E-state index contributed by atoms with van der Waals surface area (Å²) in [5, 5.41) is 9.82. The van der Waals surface area contributed by atoms with Gasteiger partial charge in [0.1, 0.15) is 6.61 Å². The van der Waals surface area contributed by atoms with Crippen LogP contribution in [0.1, 0.15) is 12.0 Å². The van der Waals surface area contributed by atoms with Crippen molar-refractivity contribution in [3.8, 4) is 0 Å². The summed E-state index contributed by atoms with van der Waals surface area (Å²) < 4.78 is 5.12. The molecule has 1 N–H and O–H groups in total. The fourth-order valence-corrected chi connectivity index (χ4v) is 2.30. The van der Waals surface area contributed by atoms with Gasteiger partial charge >= 0.3 is 11.9 Å². The molecule has 1 aromatic rings. The van der Waals surface area contributed by atoms with Gasteiger partial charge in [0.05, 0.1) is 0 Å². The minimum absolute atomic E-state index is 0.0660.